The summed E-state index contributed by atoms with van der Waals surface area (Å²) in [5.41, 5.74) is 2.62. The lowest BCUT2D eigenvalue weighted by Gasteiger charge is -2.29. The van der Waals surface area contributed by atoms with Crippen molar-refractivity contribution >= 4 is 23.4 Å². The molecule has 3 N–H and O–H groups in total. The molecule has 6 nitrogen and oxygen atoms in total. The van der Waals surface area contributed by atoms with E-state index >= 15 is 0 Å². The first-order chi connectivity index (χ1) is 9.13. The van der Waals surface area contributed by atoms with Crippen molar-refractivity contribution in [3.8, 4) is 0 Å². The molecule has 1 atom stereocenters. The van der Waals surface area contributed by atoms with Crippen molar-refractivity contribution in [1.82, 2.24) is 14.9 Å². The number of nitrogen functional groups attached to an aromatic ring is 1. The van der Waals surface area contributed by atoms with Crippen LogP contribution in [0.3, 0.4) is 0 Å². The predicted octanol–water partition coefficient (Wildman–Crippen LogP) is 1.01. The van der Waals surface area contributed by atoms with Crippen molar-refractivity contribution in [2.75, 3.05) is 43.3 Å². The van der Waals surface area contributed by atoms with Crippen LogP contribution < -0.4 is 16.2 Å². The van der Waals surface area contributed by atoms with E-state index in [0.29, 0.717) is 11.9 Å². The van der Waals surface area contributed by atoms with Crippen LogP contribution in [0, 0.1) is 0 Å². The Morgan fingerprint density at radius 3 is 2.89 bits per heavy atom. The number of nitrogens with zero attached hydrogens (tertiary/aromatic N) is 4. The number of hydrogen-bond donors (Lipinski definition) is 2. The number of rotatable bonds is 3. The van der Waals surface area contributed by atoms with E-state index < -0.39 is 0 Å². The third-order valence-corrected chi connectivity index (χ3v) is 3.91. The van der Waals surface area contributed by atoms with Crippen LogP contribution in [0.25, 0.3) is 0 Å². The van der Waals surface area contributed by atoms with Crippen LogP contribution in [0.1, 0.15) is 13.3 Å². The average molecular weight is 282 g/mol. The molecule has 1 saturated heterocycles. The Hall–Kier alpha value is -1.05. The SMILES string of the molecule is CSc1nc(NN)cc(N2CCCN(C)CC2C)n1. The summed E-state index contributed by atoms with van der Waals surface area (Å²) in [4.78, 5) is 13.6. The van der Waals surface area contributed by atoms with Crippen molar-refractivity contribution in [1.29, 1.82) is 0 Å². The van der Waals surface area contributed by atoms with Gasteiger partial charge in [0.15, 0.2) is 5.16 Å². The van der Waals surface area contributed by atoms with Crippen LogP contribution in [0.15, 0.2) is 11.2 Å². The van der Waals surface area contributed by atoms with Gasteiger partial charge in [0.1, 0.15) is 11.6 Å². The normalized spacial score (nSPS) is 21.3. The van der Waals surface area contributed by atoms with E-state index in [4.69, 9.17) is 5.84 Å². The van der Waals surface area contributed by atoms with Gasteiger partial charge >= 0.3 is 0 Å². The zero-order chi connectivity index (χ0) is 13.8. The van der Waals surface area contributed by atoms with Gasteiger partial charge in [-0.15, -0.1) is 0 Å². The monoisotopic (exact) mass is 282 g/mol. The summed E-state index contributed by atoms with van der Waals surface area (Å²) in [6, 6.07) is 2.35. The highest BCUT2D eigenvalue weighted by Crippen LogP contribution is 2.23. The van der Waals surface area contributed by atoms with Gasteiger partial charge in [-0.3, -0.25) is 0 Å². The molecule has 2 rings (SSSR count). The van der Waals surface area contributed by atoms with Gasteiger partial charge in [-0.05, 0) is 33.2 Å². The van der Waals surface area contributed by atoms with Crippen LogP contribution in [-0.2, 0) is 0 Å². The molecule has 1 aromatic rings. The Morgan fingerprint density at radius 1 is 1.42 bits per heavy atom. The maximum Gasteiger partial charge on any atom is 0.191 e. The molecule has 106 valence electrons. The van der Waals surface area contributed by atoms with Crippen molar-refractivity contribution < 1.29 is 0 Å². The number of anilines is 2. The fourth-order valence-corrected chi connectivity index (χ4v) is 2.81. The average Bonchev–Trinajstić information content (AvgIpc) is 2.58. The molecule has 0 aromatic carbocycles. The summed E-state index contributed by atoms with van der Waals surface area (Å²) in [7, 11) is 2.17. The second-order valence-corrected chi connectivity index (χ2v) is 5.67. The molecule has 19 heavy (non-hydrogen) atoms. The molecule has 7 heteroatoms. The topological polar surface area (TPSA) is 70.3 Å². The zero-order valence-corrected chi connectivity index (χ0v) is 12.6. The second-order valence-electron chi connectivity index (χ2n) is 4.90. The first-order valence-corrected chi connectivity index (χ1v) is 7.71. The van der Waals surface area contributed by atoms with Crippen molar-refractivity contribution in [3.63, 3.8) is 0 Å². The fourth-order valence-electron chi connectivity index (χ4n) is 2.44. The van der Waals surface area contributed by atoms with Gasteiger partial charge < -0.3 is 15.2 Å². The molecular weight excluding hydrogens is 260 g/mol. The van der Waals surface area contributed by atoms with E-state index in [1.807, 2.05) is 12.3 Å². The summed E-state index contributed by atoms with van der Waals surface area (Å²) in [6.07, 6.45) is 3.11. The lowest BCUT2D eigenvalue weighted by molar-refractivity contribution is 0.337. The van der Waals surface area contributed by atoms with Gasteiger partial charge in [-0.1, -0.05) is 11.8 Å². The Kier molecular flexibility index (Phi) is 4.84. The van der Waals surface area contributed by atoms with Crippen molar-refractivity contribution in [2.24, 2.45) is 5.84 Å². The number of hydrazine groups is 1. The van der Waals surface area contributed by atoms with E-state index in [2.05, 4.69) is 39.2 Å². The van der Waals surface area contributed by atoms with Crippen LogP contribution in [0.2, 0.25) is 0 Å². The van der Waals surface area contributed by atoms with Gasteiger partial charge in [0.05, 0.1) is 0 Å². The van der Waals surface area contributed by atoms with Gasteiger partial charge in [-0.2, -0.15) is 0 Å². The molecule has 1 aliphatic rings. The zero-order valence-electron chi connectivity index (χ0n) is 11.8. The lowest BCUT2D eigenvalue weighted by Crippen LogP contribution is -2.38. The number of nitrogens with one attached hydrogen (secondary N) is 1. The largest absolute Gasteiger partial charge is 0.352 e. The Labute approximate surface area is 118 Å². The molecule has 0 amide bonds. The van der Waals surface area contributed by atoms with Crippen LogP contribution in [0.5, 0.6) is 0 Å². The molecule has 1 unspecified atom stereocenters. The van der Waals surface area contributed by atoms with E-state index in [-0.39, 0.29) is 0 Å². The first kappa shape index (κ1) is 14.4. The highest BCUT2D eigenvalue weighted by Gasteiger charge is 2.21. The van der Waals surface area contributed by atoms with E-state index in [1.165, 1.54) is 11.8 Å². The third kappa shape index (κ3) is 3.49. The summed E-state index contributed by atoms with van der Waals surface area (Å²) in [6.45, 7) is 5.42. The standard InChI is InChI=1S/C12H22N6S/c1-9-8-17(2)5-4-6-18(9)11-7-10(16-13)14-12(15-11)19-3/h7,9H,4-6,8,13H2,1-3H3,(H,14,15,16). The molecule has 0 saturated carbocycles. The molecule has 1 fully saturated rings. The molecular formula is C12H22N6S. The summed E-state index contributed by atoms with van der Waals surface area (Å²) < 4.78 is 0. The minimum absolute atomic E-state index is 0.433. The van der Waals surface area contributed by atoms with Crippen LogP contribution >= 0.6 is 11.8 Å². The summed E-state index contributed by atoms with van der Waals surface area (Å²) in [5, 5.41) is 0.746. The number of aromatic nitrogens is 2. The van der Waals surface area contributed by atoms with Gasteiger partial charge in [0.2, 0.25) is 0 Å². The molecule has 0 spiro atoms. The van der Waals surface area contributed by atoms with Crippen molar-refractivity contribution in [2.45, 2.75) is 24.5 Å². The highest BCUT2D eigenvalue weighted by atomic mass is 32.2. The molecule has 1 aromatic heterocycles. The first-order valence-electron chi connectivity index (χ1n) is 6.49. The molecule has 0 bridgehead atoms. The van der Waals surface area contributed by atoms with Gasteiger partial charge in [-0.25, -0.2) is 15.8 Å². The van der Waals surface area contributed by atoms with E-state index in [9.17, 15) is 0 Å². The molecule has 0 radical (unpaired) electrons. The van der Waals surface area contributed by atoms with Crippen molar-refractivity contribution in [3.05, 3.63) is 6.07 Å². The van der Waals surface area contributed by atoms with Gasteiger partial charge in [0.25, 0.3) is 0 Å². The summed E-state index contributed by atoms with van der Waals surface area (Å²) in [5.74, 6) is 7.10. The quantitative estimate of drug-likeness (QED) is 0.371. The minimum atomic E-state index is 0.433. The molecule has 1 aliphatic heterocycles. The van der Waals surface area contributed by atoms with E-state index in [1.54, 1.807) is 0 Å². The number of hydrogen-bond acceptors (Lipinski definition) is 7. The third-order valence-electron chi connectivity index (χ3n) is 3.36. The predicted molar refractivity (Wildman–Crippen MR) is 80.5 cm³/mol. The smallest absolute Gasteiger partial charge is 0.191 e. The summed E-state index contributed by atoms with van der Waals surface area (Å²) >= 11 is 1.53. The van der Waals surface area contributed by atoms with Crippen LogP contribution in [-0.4, -0.2) is 53.8 Å². The van der Waals surface area contributed by atoms with E-state index in [0.717, 1.165) is 37.0 Å². The minimum Gasteiger partial charge on any atom is -0.352 e. The van der Waals surface area contributed by atoms with Crippen LogP contribution in [0.4, 0.5) is 11.6 Å². The Balaban J connectivity index is 2.28. The number of thioether (sulfide) groups is 1. The maximum absolute atomic E-state index is 5.48. The fraction of sp³-hybridized carbons (Fsp3) is 0.667. The molecule has 0 aliphatic carbocycles. The maximum atomic E-state index is 5.48. The lowest BCUT2D eigenvalue weighted by atomic mass is 10.2. The Bertz CT molecular complexity index is 404. The highest BCUT2D eigenvalue weighted by molar-refractivity contribution is 7.98. The molecule has 2 heterocycles. The second kappa shape index (κ2) is 6.40. The Morgan fingerprint density at radius 2 is 2.21 bits per heavy atom. The number of nitrogens with two attached hydrogens (primary N) is 1. The number of likely N-dealkylation sites (N-methyl/N-ethyl adjacent to an activating group) is 1. The van der Waals surface area contributed by atoms with Gasteiger partial charge in [0, 0.05) is 25.2 Å².